The molecule has 0 aromatic heterocycles. The SMILES string of the molecule is CCCCCCCCCCCCCC(=O)OCC[S][Sn]([CH3])([S]CCOC(=O)CCCCCCCCCCCCC)[S]CCOC(=O)CCCCCCCCCCCCC. The maximum atomic E-state index is 12.4. The number of esters is 3. The van der Waals surface area contributed by atoms with E-state index in [1.54, 1.807) is 0 Å². The fourth-order valence-corrected chi connectivity index (χ4v) is 38.1. The minimum Gasteiger partial charge on any atom is -0.0654 e. The first kappa shape index (κ1) is 59.3. The smallest absolute Gasteiger partial charge is 0.0654 e. The predicted molar refractivity (Wildman–Crippen MR) is 265 cm³/mol. The van der Waals surface area contributed by atoms with E-state index in [0.29, 0.717) is 39.1 Å². The normalized spacial score (nSPS) is 11.6. The molecule has 10 heteroatoms. The zero-order valence-electron chi connectivity index (χ0n) is 39.4. The Kier molecular flexibility index (Phi) is 47.9. The molecule has 350 valence electrons. The van der Waals surface area contributed by atoms with Gasteiger partial charge in [-0.15, -0.1) is 0 Å². The van der Waals surface area contributed by atoms with Crippen molar-refractivity contribution in [1.82, 2.24) is 0 Å². The molecule has 0 saturated carbocycles. The molecule has 0 saturated heterocycles. The third-order valence-electron chi connectivity index (χ3n) is 11.1. The standard InChI is InChI=1S/3C16H32O2S.CH3.Sn/c3*1-2-3-4-5-6-7-8-9-10-11-12-13-16(17)18-14-15-19;;/h3*19H,2-15H2,1H3;1H3;/q;;;;+3/p-3. The van der Waals surface area contributed by atoms with E-state index >= 15 is 0 Å². The molecule has 0 aromatic rings. The van der Waals surface area contributed by atoms with Gasteiger partial charge in [-0.2, -0.15) is 0 Å². The van der Waals surface area contributed by atoms with Crippen molar-refractivity contribution in [3.63, 3.8) is 0 Å². The van der Waals surface area contributed by atoms with Crippen LogP contribution < -0.4 is 0 Å². The zero-order chi connectivity index (χ0) is 43.2. The third-order valence-corrected chi connectivity index (χ3v) is 46.7. The summed E-state index contributed by atoms with van der Waals surface area (Å²) in [7, 11) is 5.90. The van der Waals surface area contributed by atoms with Crippen LogP contribution in [0.5, 0.6) is 0 Å². The molecule has 0 aromatic carbocycles. The summed E-state index contributed by atoms with van der Waals surface area (Å²) in [6.45, 7) is 8.12. The quantitative estimate of drug-likeness (QED) is 0.0256. The molecule has 0 radical (unpaired) electrons. The molecule has 0 fully saturated rings. The van der Waals surface area contributed by atoms with Gasteiger partial charge in [0.1, 0.15) is 0 Å². The van der Waals surface area contributed by atoms with Crippen LogP contribution in [0.4, 0.5) is 0 Å². The van der Waals surface area contributed by atoms with Crippen LogP contribution in [-0.2, 0) is 28.6 Å². The van der Waals surface area contributed by atoms with Gasteiger partial charge in [0.25, 0.3) is 0 Å². The van der Waals surface area contributed by atoms with Gasteiger partial charge in [0, 0.05) is 0 Å². The molecule has 0 amide bonds. The van der Waals surface area contributed by atoms with E-state index in [0.717, 1.165) is 55.8 Å². The molecule has 0 heterocycles. The second-order valence-electron chi connectivity index (χ2n) is 16.9. The van der Waals surface area contributed by atoms with Gasteiger partial charge in [-0.05, 0) is 0 Å². The van der Waals surface area contributed by atoms with Crippen molar-refractivity contribution in [2.45, 2.75) is 257 Å². The number of unbranched alkanes of at least 4 members (excludes halogenated alkanes) is 30. The van der Waals surface area contributed by atoms with E-state index < -0.39 is 14.2 Å². The van der Waals surface area contributed by atoms with E-state index in [-0.39, 0.29) is 17.9 Å². The van der Waals surface area contributed by atoms with E-state index in [1.165, 1.54) is 173 Å². The summed E-state index contributed by atoms with van der Waals surface area (Å²) in [5.74, 6) is 2.13. The molecule has 0 N–H and O–H groups in total. The summed E-state index contributed by atoms with van der Waals surface area (Å²) >= 11 is -2.84. The van der Waals surface area contributed by atoms with Crippen LogP contribution in [0.2, 0.25) is 4.94 Å². The van der Waals surface area contributed by atoms with Crippen molar-refractivity contribution < 1.29 is 28.6 Å². The molecule has 0 unspecified atom stereocenters. The van der Waals surface area contributed by atoms with Gasteiger partial charge in [0.2, 0.25) is 0 Å². The molecular weight excluding hydrogens is 899 g/mol. The van der Waals surface area contributed by atoms with Crippen molar-refractivity contribution in [2.75, 3.05) is 37.1 Å². The molecule has 0 aliphatic heterocycles. The molecule has 0 aliphatic rings. The number of hydrogen-bond donors (Lipinski definition) is 0. The molecule has 0 atom stereocenters. The predicted octanol–water partition coefficient (Wildman–Crippen LogP) is 16.5. The summed E-state index contributed by atoms with van der Waals surface area (Å²) in [6, 6.07) is 0. The molecule has 6 nitrogen and oxygen atoms in total. The molecule has 0 bridgehead atoms. The zero-order valence-corrected chi connectivity index (χ0v) is 44.7. The van der Waals surface area contributed by atoms with Crippen LogP contribution in [0.25, 0.3) is 0 Å². The Balaban J connectivity index is 4.39. The van der Waals surface area contributed by atoms with E-state index in [2.05, 4.69) is 25.7 Å². The Labute approximate surface area is 378 Å². The summed E-state index contributed by atoms with van der Waals surface area (Å²) in [4.78, 5) is 39.7. The Morgan fingerprint density at radius 1 is 0.322 bits per heavy atom. The number of carbonyl (C=O) groups excluding carboxylic acids is 3. The van der Waals surface area contributed by atoms with Crippen LogP contribution in [0.3, 0.4) is 0 Å². The minimum atomic E-state index is -2.84. The Hall–Kier alpha value is 0.259. The van der Waals surface area contributed by atoms with Crippen LogP contribution in [0, 0.1) is 0 Å². The van der Waals surface area contributed by atoms with Crippen molar-refractivity contribution in [2.24, 2.45) is 0 Å². The average molecular weight is 996 g/mol. The number of carbonyl (C=O) groups is 3. The van der Waals surface area contributed by atoms with Gasteiger partial charge >= 0.3 is 264 Å². The van der Waals surface area contributed by atoms with Crippen LogP contribution in [0.1, 0.15) is 252 Å². The van der Waals surface area contributed by atoms with Gasteiger partial charge in [-0.3, -0.25) is 0 Å². The van der Waals surface area contributed by atoms with Crippen molar-refractivity contribution in [3.8, 4) is 0 Å². The van der Waals surface area contributed by atoms with Crippen molar-refractivity contribution in [1.29, 1.82) is 0 Å². The van der Waals surface area contributed by atoms with Crippen LogP contribution in [-0.4, -0.2) is 69.2 Å². The van der Waals surface area contributed by atoms with Gasteiger partial charge < -0.3 is 0 Å². The van der Waals surface area contributed by atoms with Gasteiger partial charge in [-0.1, -0.05) is 117 Å². The average Bonchev–Trinajstić information content (AvgIpc) is 3.23. The minimum absolute atomic E-state index is 0.0758. The van der Waals surface area contributed by atoms with Crippen molar-refractivity contribution in [3.05, 3.63) is 0 Å². The molecule has 0 rings (SSSR count). The molecular formula is C49H96O6S3Sn. The summed E-state index contributed by atoms with van der Waals surface area (Å²) in [5.41, 5.74) is 0. The number of rotatable bonds is 48. The van der Waals surface area contributed by atoms with E-state index in [9.17, 15) is 14.4 Å². The first-order valence-electron chi connectivity index (χ1n) is 25.3. The van der Waals surface area contributed by atoms with E-state index in [1.807, 2.05) is 26.8 Å². The topological polar surface area (TPSA) is 78.9 Å². The van der Waals surface area contributed by atoms with Crippen LogP contribution in [0.15, 0.2) is 0 Å². The third kappa shape index (κ3) is 46.1. The Morgan fingerprint density at radius 3 is 0.712 bits per heavy atom. The number of hydrogen-bond acceptors (Lipinski definition) is 9. The first-order chi connectivity index (χ1) is 28.9. The Morgan fingerprint density at radius 2 is 0.508 bits per heavy atom. The molecule has 0 spiro atoms. The second-order valence-corrected chi connectivity index (χ2v) is 53.0. The summed E-state index contributed by atoms with van der Waals surface area (Å²) < 4.78 is 16.9. The van der Waals surface area contributed by atoms with Gasteiger partial charge in [0.05, 0.1) is 0 Å². The monoisotopic (exact) mass is 997 g/mol. The fourth-order valence-electron chi connectivity index (χ4n) is 7.29. The van der Waals surface area contributed by atoms with E-state index in [4.69, 9.17) is 14.2 Å². The van der Waals surface area contributed by atoms with Gasteiger partial charge in [0.15, 0.2) is 0 Å². The molecule has 59 heavy (non-hydrogen) atoms. The summed E-state index contributed by atoms with van der Waals surface area (Å²) in [6.07, 6.45) is 43.5. The van der Waals surface area contributed by atoms with Crippen LogP contribution >= 0.6 is 26.8 Å². The summed E-state index contributed by atoms with van der Waals surface area (Å²) in [5, 5.41) is 0. The first-order valence-corrected chi connectivity index (χ1v) is 41.5. The fraction of sp³-hybridized carbons (Fsp3) is 0.939. The number of ether oxygens (including phenoxy) is 3. The Bertz CT molecular complexity index is 814. The maximum absolute atomic E-state index is 12.4. The second kappa shape index (κ2) is 47.7. The van der Waals surface area contributed by atoms with Gasteiger partial charge in [-0.25, -0.2) is 0 Å². The molecule has 0 aliphatic carbocycles. The van der Waals surface area contributed by atoms with Crippen molar-refractivity contribution >= 4 is 59.0 Å².